The van der Waals surface area contributed by atoms with E-state index in [4.69, 9.17) is 0 Å². The van der Waals surface area contributed by atoms with Gasteiger partial charge in [0.2, 0.25) is 5.60 Å². The van der Waals surface area contributed by atoms with Gasteiger partial charge in [-0.2, -0.15) is 18.3 Å². The van der Waals surface area contributed by atoms with E-state index in [9.17, 15) is 22.7 Å². The van der Waals surface area contributed by atoms with E-state index < -0.39 is 23.2 Å². The predicted octanol–water partition coefficient (Wildman–Crippen LogP) is 6.15. The molecular formula is C24H22F4N2O. The second kappa shape index (κ2) is 6.66. The molecule has 2 aliphatic carbocycles. The van der Waals surface area contributed by atoms with Crippen LogP contribution in [0.15, 0.2) is 48.8 Å². The highest BCUT2D eigenvalue weighted by Gasteiger charge is 2.61. The predicted molar refractivity (Wildman–Crippen MR) is 109 cm³/mol. The van der Waals surface area contributed by atoms with Gasteiger partial charge < -0.3 is 5.11 Å². The first-order valence-corrected chi connectivity index (χ1v) is 10.5. The van der Waals surface area contributed by atoms with Gasteiger partial charge in [0.25, 0.3) is 0 Å². The molecule has 1 heterocycles. The van der Waals surface area contributed by atoms with Gasteiger partial charge in [0, 0.05) is 22.9 Å². The van der Waals surface area contributed by atoms with Crippen LogP contribution in [0.3, 0.4) is 0 Å². The zero-order chi connectivity index (χ0) is 22.0. The maximum absolute atomic E-state index is 14.6. The van der Waals surface area contributed by atoms with Crippen LogP contribution in [-0.2, 0) is 11.1 Å². The maximum Gasteiger partial charge on any atom is 0.425 e. The SMILES string of the molecule is CCC1(n2cc(-c3cc(F)cc4c3-c3ccccc3C4(O)C(F)(F)F)cn2)CCCC1. The molecule has 1 atom stereocenters. The number of benzene rings is 2. The van der Waals surface area contributed by atoms with E-state index in [2.05, 4.69) is 12.0 Å². The van der Waals surface area contributed by atoms with E-state index in [1.54, 1.807) is 18.5 Å². The van der Waals surface area contributed by atoms with Gasteiger partial charge >= 0.3 is 6.18 Å². The standard InChI is InChI=1S/C24H22F4N2O/c1-2-22(9-5-6-10-22)30-14-15(13-29-30)18-11-16(25)12-20-21(18)17-7-3-4-8-19(17)23(20,31)24(26,27)28/h3-4,7-8,11-14,31H,2,5-6,9-10H2,1H3. The highest BCUT2D eigenvalue weighted by atomic mass is 19.4. The average molecular weight is 430 g/mol. The van der Waals surface area contributed by atoms with Crippen molar-refractivity contribution >= 4 is 0 Å². The van der Waals surface area contributed by atoms with Crippen molar-refractivity contribution < 1.29 is 22.7 Å². The Bertz CT molecular complexity index is 1160. The molecule has 0 spiro atoms. The number of hydrogen-bond acceptors (Lipinski definition) is 2. The van der Waals surface area contributed by atoms with E-state index in [0.29, 0.717) is 11.1 Å². The molecule has 1 fully saturated rings. The van der Waals surface area contributed by atoms with E-state index >= 15 is 0 Å². The molecule has 0 bridgehead atoms. The van der Waals surface area contributed by atoms with Crippen molar-refractivity contribution in [1.82, 2.24) is 9.78 Å². The van der Waals surface area contributed by atoms with Crippen LogP contribution in [-0.4, -0.2) is 21.1 Å². The summed E-state index contributed by atoms with van der Waals surface area (Å²) in [5, 5.41) is 15.4. The first-order valence-electron chi connectivity index (χ1n) is 10.5. The van der Waals surface area contributed by atoms with Crippen LogP contribution in [0.5, 0.6) is 0 Å². The summed E-state index contributed by atoms with van der Waals surface area (Å²) in [6.45, 7) is 2.10. The van der Waals surface area contributed by atoms with E-state index in [1.807, 2.05) is 4.68 Å². The summed E-state index contributed by atoms with van der Waals surface area (Å²) in [4.78, 5) is 0. The molecule has 162 valence electrons. The molecule has 0 amide bonds. The van der Waals surface area contributed by atoms with Crippen LogP contribution >= 0.6 is 0 Å². The van der Waals surface area contributed by atoms with Gasteiger partial charge in [0.15, 0.2) is 0 Å². The topological polar surface area (TPSA) is 38.0 Å². The molecule has 1 aromatic heterocycles. The Balaban J connectivity index is 1.74. The highest BCUT2D eigenvalue weighted by molar-refractivity contribution is 5.92. The fourth-order valence-electron chi connectivity index (χ4n) is 5.38. The van der Waals surface area contributed by atoms with Gasteiger partial charge in [0.05, 0.1) is 11.7 Å². The van der Waals surface area contributed by atoms with E-state index in [1.165, 1.54) is 24.3 Å². The zero-order valence-corrected chi connectivity index (χ0v) is 17.0. The van der Waals surface area contributed by atoms with Crippen LogP contribution in [0.2, 0.25) is 0 Å². The molecule has 1 N–H and O–H groups in total. The normalized spacial score (nSPS) is 21.9. The first-order chi connectivity index (χ1) is 14.7. The Labute approximate surface area is 177 Å². The lowest BCUT2D eigenvalue weighted by atomic mass is 9.89. The Morgan fingerprint density at radius 3 is 2.45 bits per heavy atom. The average Bonchev–Trinajstić information content (AvgIpc) is 3.46. The van der Waals surface area contributed by atoms with E-state index in [-0.39, 0.29) is 22.2 Å². The molecule has 7 heteroatoms. The Hall–Kier alpha value is -2.67. The number of aliphatic hydroxyl groups is 1. The summed E-state index contributed by atoms with van der Waals surface area (Å²) < 4.78 is 58.8. The van der Waals surface area contributed by atoms with Gasteiger partial charge in [-0.25, -0.2) is 4.39 Å². The number of halogens is 4. The van der Waals surface area contributed by atoms with Crippen molar-refractivity contribution in [2.45, 2.75) is 56.3 Å². The third-order valence-corrected chi connectivity index (χ3v) is 7.06. The Morgan fingerprint density at radius 2 is 1.77 bits per heavy atom. The summed E-state index contributed by atoms with van der Waals surface area (Å²) in [6.07, 6.45) is 3.46. The third-order valence-electron chi connectivity index (χ3n) is 7.06. The van der Waals surface area contributed by atoms with Gasteiger partial charge in [-0.3, -0.25) is 4.68 Å². The summed E-state index contributed by atoms with van der Waals surface area (Å²) in [5.74, 6) is -0.831. The molecule has 1 saturated carbocycles. The van der Waals surface area contributed by atoms with Crippen molar-refractivity contribution in [1.29, 1.82) is 0 Å². The van der Waals surface area contributed by atoms with Crippen molar-refractivity contribution in [3.8, 4) is 22.3 Å². The van der Waals surface area contributed by atoms with Crippen LogP contribution in [0.4, 0.5) is 17.6 Å². The number of nitrogens with zero attached hydrogens (tertiary/aromatic N) is 2. The van der Waals surface area contributed by atoms with Crippen LogP contribution < -0.4 is 0 Å². The summed E-state index contributed by atoms with van der Waals surface area (Å²) in [5.41, 5.74) is -2.83. The van der Waals surface area contributed by atoms with Crippen molar-refractivity contribution in [2.24, 2.45) is 0 Å². The smallest absolute Gasteiger partial charge is 0.372 e. The van der Waals surface area contributed by atoms with Crippen LogP contribution in [0.1, 0.15) is 50.2 Å². The Morgan fingerprint density at radius 1 is 1.06 bits per heavy atom. The van der Waals surface area contributed by atoms with Crippen LogP contribution in [0.25, 0.3) is 22.3 Å². The Kier molecular flexibility index (Phi) is 4.35. The second-order valence-electron chi connectivity index (χ2n) is 8.59. The fraction of sp³-hybridized carbons (Fsp3) is 0.375. The minimum Gasteiger partial charge on any atom is -0.372 e. The zero-order valence-electron chi connectivity index (χ0n) is 17.0. The number of aromatic nitrogens is 2. The monoisotopic (exact) mass is 430 g/mol. The summed E-state index contributed by atoms with van der Waals surface area (Å²) in [6, 6.07) is 7.87. The maximum atomic E-state index is 14.6. The number of fused-ring (bicyclic) bond motifs is 3. The number of alkyl halides is 3. The minimum atomic E-state index is -5.00. The van der Waals surface area contributed by atoms with Crippen molar-refractivity contribution in [3.05, 3.63) is 65.7 Å². The quantitative estimate of drug-likeness (QED) is 0.507. The molecule has 0 radical (unpaired) electrons. The first kappa shape index (κ1) is 20.2. The fourth-order valence-corrected chi connectivity index (χ4v) is 5.38. The largest absolute Gasteiger partial charge is 0.425 e. The molecule has 0 saturated heterocycles. The summed E-state index contributed by atoms with van der Waals surface area (Å²) in [7, 11) is 0. The molecule has 3 aromatic rings. The van der Waals surface area contributed by atoms with Crippen LogP contribution in [0, 0.1) is 5.82 Å². The van der Waals surface area contributed by atoms with Crippen molar-refractivity contribution in [3.63, 3.8) is 0 Å². The third kappa shape index (κ3) is 2.72. The number of rotatable bonds is 3. The molecule has 31 heavy (non-hydrogen) atoms. The lowest BCUT2D eigenvalue weighted by molar-refractivity contribution is -0.246. The van der Waals surface area contributed by atoms with E-state index in [0.717, 1.165) is 38.2 Å². The molecule has 5 rings (SSSR count). The molecule has 1 unspecified atom stereocenters. The second-order valence-corrected chi connectivity index (χ2v) is 8.59. The van der Waals surface area contributed by atoms with Gasteiger partial charge in [-0.15, -0.1) is 0 Å². The molecular weight excluding hydrogens is 408 g/mol. The lowest BCUT2D eigenvalue weighted by Gasteiger charge is -2.28. The summed E-state index contributed by atoms with van der Waals surface area (Å²) >= 11 is 0. The molecule has 3 nitrogen and oxygen atoms in total. The van der Waals surface area contributed by atoms with Gasteiger partial charge in [-0.05, 0) is 48.1 Å². The van der Waals surface area contributed by atoms with Gasteiger partial charge in [-0.1, -0.05) is 44.0 Å². The van der Waals surface area contributed by atoms with Crippen molar-refractivity contribution in [2.75, 3.05) is 0 Å². The minimum absolute atomic E-state index is 0.112. The molecule has 2 aromatic carbocycles. The molecule has 2 aliphatic rings. The molecule has 0 aliphatic heterocycles. The number of hydrogen-bond donors (Lipinski definition) is 1. The van der Waals surface area contributed by atoms with Gasteiger partial charge in [0.1, 0.15) is 5.82 Å². The highest BCUT2D eigenvalue weighted by Crippen LogP contribution is 2.57. The lowest BCUT2D eigenvalue weighted by Crippen LogP contribution is -2.41.